The molecule has 0 fully saturated rings. The molecular formula is C13H18N2O3. The van der Waals surface area contributed by atoms with Gasteiger partial charge in [0.05, 0.1) is 12.5 Å². The number of amides is 1. The van der Waals surface area contributed by atoms with Gasteiger partial charge in [-0.05, 0) is 18.1 Å². The third-order valence-corrected chi connectivity index (χ3v) is 2.87. The molecule has 18 heavy (non-hydrogen) atoms. The van der Waals surface area contributed by atoms with Crippen molar-refractivity contribution in [3.8, 4) is 0 Å². The van der Waals surface area contributed by atoms with Gasteiger partial charge in [-0.2, -0.15) is 0 Å². The Hall–Kier alpha value is -1.91. The van der Waals surface area contributed by atoms with Gasteiger partial charge in [-0.3, -0.25) is 14.6 Å². The zero-order valence-corrected chi connectivity index (χ0v) is 10.7. The molecule has 0 aliphatic rings. The lowest BCUT2D eigenvalue weighted by atomic mass is 10.0. The van der Waals surface area contributed by atoms with Crippen molar-refractivity contribution in [3.63, 3.8) is 0 Å². The van der Waals surface area contributed by atoms with E-state index in [2.05, 4.69) is 4.98 Å². The fraction of sp³-hybridized carbons (Fsp3) is 0.462. The van der Waals surface area contributed by atoms with Gasteiger partial charge in [-0.15, -0.1) is 0 Å². The quantitative estimate of drug-likeness (QED) is 0.836. The third-order valence-electron chi connectivity index (χ3n) is 2.87. The number of rotatable bonds is 6. The van der Waals surface area contributed by atoms with E-state index >= 15 is 0 Å². The molecule has 1 amide bonds. The molecular weight excluding hydrogens is 232 g/mol. The molecule has 0 bridgehead atoms. The van der Waals surface area contributed by atoms with E-state index in [0.717, 1.165) is 12.0 Å². The van der Waals surface area contributed by atoms with Crippen LogP contribution in [0.15, 0.2) is 24.5 Å². The van der Waals surface area contributed by atoms with Crippen LogP contribution in [0.5, 0.6) is 0 Å². The molecule has 98 valence electrons. The Morgan fingerprint density at radius 1 is 1.44 bits per heavy atom. The van der Waals surface area contributed by atoms with E-state index in [-0.39, 0.29) is 24.8 Å². The third kappa shape index (κ3) is 3.84. The molecule has 0 saturated heterocycles. The first-order valence-corrected chi connectivity index (χ1v) is 5.93. The molecule has 5 nitrogen and oxygen atoms in total. The second kappa shape index (κ2) is 6.74. The fourth-order valence-electron chi connectivity index (χ4n) is 1.87. The normalized spacial score (nSPS) is 11.9. The number of carboxylic acids is 1. The van der Waals surface area contributed by atoms with Crippen LogP contribution in [0.4, 0.5) is 0 Å². The molecule has 1 atom stereocenters. The number of carbonyl (C=O) groups excluding carboxylic acids is 1. The van der Waals surface area contributed by atoms with Gasteiger partial charge in [0.15, 0.2) is 0 Å². The van der Waals surface area contributed by atoms with Crippen molar-refractivity contribution < 1.29 is 14.7 Å². The van der Waals surface area contributed by atoms with E-state index in [9.17, 15) is 9.59 Å². The zero-order chi connectivity index (χ0) is 13.5. The number of aromatic nitrogens is 1. The Balaban J connectivity index is 2.70. The predicted octanol–water partition coefficient (Wildman–Crippen LogP) is 1.86. The maximum Gasteiger partial charge on any atom is 0.303 e. The van der Waals surface area contributed by atoms with Gasteiger partial charge in [0.1, 0.15) is 0 Å². The second-order valence-corrected chi connectivity index (χ2v) is 4.11. The molecule has 0 saturated carbocycles. The van der Waals surface area contributed by atoms with Gasteiger partial charge < -0.3 is 10.0 Å². The molecule has 0 spiro atoms. The molecule has 1 heterocycles. The van der Waals surface area contributed by atoms with Crippen LogP contribution in [0, 0.1) is 0 Å². The minimum absolute atomic E-state index is 0.0304. The predicted molar refractivity (Wildman–Crippen MR) is 66.9 cm³/mol. The highest BCUT2D eigenvalue weighted by Crippen LogP contribution is 2.22. The van der Waals surface area contributed by atoms with E-state index in [0.29, 0.717) is 0 Å². The first kappa shape index (κ1) is 14.2. The van der Waals surface area contributed by atoms with Crippen LogP contribution in [-0.2, 0) is 9.59 Å². The summed E-state index contributed by atoms with van der Waals surface area (Å²) in [7, 11) is 1.70. The highest BCUT2D eigenvalue weighted by Gasteiger charge is 2.20. The van der Waals surface area contributed by atoms with Crippen LogP contribution in [0.3, 0.4) is 0 Å². The Kier molecular flexibility index (Phi) is 5.30. The molecule has 1 aromatic rings. The standard InChI is InChI=1S/C13H18N2O3/c1-3-11(10-5-4-8-14-9-10)15(2)12(16)6-7-13(17)18/h4-5,8-9,11H,3,6-7H2,1-2H3,(H,17,18)/t11-/m0/s1. The number of hydrogen-bond acceptors (Lipinski definition) is 3. The highest BCUT2D eigenvalue weighted by molar-refractivity contribution is 5.80. The smallest absolute Gasteiger partial charge is 0.303 e. The summed E-state index contributed by atoms with van der Waals surface area (Å²) in [6.45, 7) is 1.98. The van der Waals surface area contributed by atoms with Crippen LogP contribution in [0.2, 0.25) is 0 Å². The van der Waals surface area contributed by atoms with E-state index < -0.39 is 5.97 Å². The van der Waals surface area contributed by atoms with Crippen LogP contribution >= 0.6 is 0 Å². The largest absolute Gasteiger partial charge is 0.481 e. The van der Waals surface area contributed by atoms with Crippen molar-refractivity contribution in [3.05, 3.63) is 30.1 Å². The summed E-state index contributed by atoms with van der Waals surface area (Å²) in [6, 6.07) is 3.69. The average Bonchev–Trinajstić information content (AvgIpc) is 2.38. The van der Waals surface area contributed by atoms with E-state index in [1.165, 1.54) is 0 Å². The van der Waals surface area contributed by atoms with Crippen molar-refractivity contribution >= 4 is 11.9 Å². The summed E-state index contributed by atoms with van der Waals surface area (Å²) < 4.78 is 0. The van der Waals surface area contributed by atoms with Crippen molar-refractivity contribution in [2.45, 2.75) is 32.2 Å². The summed E-state index contributed by atoms with van der Waals surface area (Å²) in [5.74, 6) is -1.11. The van der Waals surface area contributed by atoms with Crippen molar-refractivity contribution in [2.75, 3.05) is 7.05 Å². The van der Waals surface area contributed by atoms with E-state index in [4.69, 9.17) is 5.11 Å². The molecule has 0 aliphatic heterocycles. The van der Waals surface area contributed by atoms with Gasteiger partial charge in [0, 0.05) is 25.9 Å². The minimum atomic E-state index is -0.953. The molecule has 1 N–H and O–H groups in total. The number of hydrogen-bond donors (Lipinski definition) is 1. The van der Waals surface area contributed by atoms with Crippen molar-refractivity contribution in [1.29, 1.82) is 0 Å². The number of aliphatic carboxylic acids is 1. The molecule has 0 aromatic carbocycles. The minimum Gasteiger partial charge on any atom is -0.481 e. The molecule has 5 heteroatoms. The average molecular weight is 250 g/mol. The summed E-state index contributed by atoms with van der Waals surface area (Å²) in [5.41, 5.74) is 0.964. The maximum absolute atomic E-state index is 11.9. The Bertz CT molecular complexity index is 406. The van der Waals surface area contributed by atoms with Crippen LogP contribution in [0.1, 0.15) is 37.8 Å². The lowest BCUT2D eigenvalue weighted by molar-refractivity contribution is -0.141. The van der Waals surface area contributed by atoms with Gasteiger partial charge in [-0.1, -0.05) is 13.0 Å². The zero-order valence-electron chi connectivity index (χ0n) is 10.7. The monoisotopic (exact) mass is 250 g/mol. The van der Waals surface area contributed by atoms with Gasteiger partial charge in [-0.25, -0.2) is 0 Å². The maximum atomic E-state index is 11.9. The Morgan fingerprint density at radius 3 is 2.67 bits per heavy atom. The first-order valence-electron chi connectivity index (χ1n) is 5.93. The molecule has 0 unspecified atom stereocenters. The van der Waals surface area contributed by atoms with Crippen molar-refractivity contribution in [2.24, 2.45) is 0 Å². The Labute approximate surface area is 106 Å². The van der Waals surface area contributed by atoms with Gasteiger partial charge in [0.25, 0.3) is 0 Å². The number of pyridine rings is 1. The molecule has 1 rings (SSSR count). The van der Waals surface area contributed by atoms with E-state index in [1.807, 2.05) is 19.1 Å². The number of nitrogens with zero attached hydrogens (tertiary/aromatic N) is 2. The van der Waals surface area contributed by atoms with Crippen LogP contribution in [0.25, 0.3) is 0 Å². The van der Waals surface area contributed by atoms with Crippen molar-refractivity contribution in [1.82, 2.24) is 9.88 Å². The first-order chi connectivity index (χ1) is 8.56. The molecule has 0 aliphatic carbocycles. The summed E-state index contributed by atoms with van der Waals surface area (Å²) >= 11 is 0. The summed E-state index contributed by atoms with van der Waals surface area (Å²) in [6.07, 6.45) is 4.08. The summed E-state index contributed by atoms with van der Waals surface area (Å²) in [4.78, 5) is 28.0. The van der Waals surface area contributed by atoms with Crippen LogP contribution in [-0.4, -0.2) is 33.9 Å². The Morgan fingerprint density at radius 2 is 2.17 bits per heavy atom. The molecule has 1 aromatic heterocycles. The summed E-state index contributed by atoms with van der Waals surface area (Å²) in [5, 5.41) is 8.58. The lowest BCUT2D eigenvalue weighted by Gasteiger charge is -2.27. The van der Waals surface area contributed by atoms with Crippen LogP contribution < -0.4 is 0 Å². The molecule has 0 radical (unpaired) electrons. The lowest BCUT2D eigenvalue weighted by Crippen LogP contribution is -2.31. The SMILES string of the molecule is CC[C@@H](c1cccnc1)N(C)C(=O)CCC(=O)O. The van der Waals surface area contributed by atoms with Gasteiger partial charge >= 0.3 is 5.97 Å². The number of carbonyl (C=O) groups is 2. The highest BCUT2D eigenvalue weighted by atomic mass is 16.4. The number of carboxylic acid groups (broad SMARTS) is 1. The topological polar surface area (TPSA) is 70.5 Å². The van der Waals surface area contributed by atoms with E-state index in [1.54, 1.807) is 24.3 Å². The fourth-order valence-corrected chi connectivity index (χ4v) is 1.87. The van der Waals surface area contributed by atoms with Gasteiger partial charge in [0.2, 0.25) is 5.91 Å². The second-order valence-electron chi connectivity index (χ2n) is 4.11.